The van der Waals surface area contributed by atoms with Crippen molar-refractivity contribution in [2.24, 2.45) is 0 Å². The molecule has 0 bridgehead atoms. The zero-order valence-corrected chi connectivity index (χ0v) is 10.5. The smallest absolute Gasteiger partial charge is 0.337 e. The molecule has 8 nitrogen and oxygen atoms in total. The van der Waals surface area contributed by atoms with Crippen LogP contribution >= 0.6 is 0 Å². The Bertz CT molecular complexity index is 818. The van der Waals surface area contributed by atoms with Crippen molar-refractivity contribution in [2.75, 3.05) is 7.05 Å². The number of likely N-dealkylation sites (N-methyl/N-ethyl adjacent to an activating group) is 1. The number of carboxylic acids is 1. The summed E-state index contributed by atoms with van der Waals surface area (Å²) in [6, 6.07) is 4.20. The molecule has 2 aromatic rings. The van der Waals surface area contributed by atoms with Crippen LogP contribution in [0, 0.1) is 0 Å². The number of nitrogens with one attached hydrogen (secondary N) is 2. The average molecular weight is 277 g/mol. The van der Waals surface area contributed by atoms with Gasteiger partial charge in [0.15, 0.2) is 0 Å². The van der Waals surface area contributed by atoms with Crippen LogP contribution < -0.4 is 16.4 Å². The van der Waals surface area contributed by atoms with E-state index in [0.29, 0.717) is 0 Å². The molecule has 1 amide bonds. The van der Waals surface area contributed by atoms with E-state index >= 15 is 0 Å². The summed E-state index contributed by atoms with van der Waals surface area (Å²) in [4.78, 5) is 48.2. The molecular weight excluding hydrogens is 266 g/mol. The van der Waals surface area contributed by atoms with Gasteiger partial charge in [-0.15, -0.1) is 0 Å². The number of H-pyrrole nitrogens is 1. The first-order chi connectivity index (χ1) is 9.45. The molecule has 0 saturated heterocycles. The Labute approximate surface area is 111 Å². The second-order valence-corrected chi connectivity index (χ2v) is 4.02. The normalized spacial score (nSPS) is 10.4. The number of hydrogen-bond donors (Lipinski definition) is 3. The van der Waals surface area contributed by atoms with Crippen LogP contribution in [0.3, 0.4) is 0 Å². The summed E-state index contributed by atoms with van der Waals surface area (Å²) < 4.78 is 0.944. The van der Waals surface area contributed by atoms with Gasteiger partial charge >= 0.3 is 17.1 Å². The van der Waals surface area contributed by atoms with Gasteiger partial charge in [0.25, 0.3) is 0 Å². The van der Waals surface area contributed by atoms with E-state index in [1.165, 1.54) is 25.2 Å². The fourth-order valence-corrected chi connectivity index (χ4v) is 1.85. The van der Waals surface area contributed by atoms with Gasteiger partial charge in [-0.05, 0) is 12.1 Å². The van der Waals surface area contributed by atoms with Gasteiger partial charge in [0.1, 0.15) is 6.54 Å². The number of carbonyl (C=O) groups is 2. The highest BCUT2D eigenvalue weighted by atomic mass is 16.4. The first-order valence-corrected chi connectivity index (χ1v) is 5.65. The highest BCUT2D eigenvalue weighted by Gasteiger charge is 2.15. The first kappa shape index (κ1) is 13.5. The van der Waals surface area contributed by atoms with Gasteiger partial charge in [-0.2, -0.15) is 0 Å². The lowest BCUT2D eigenvalue weighted by molar-refractivity contribution is -0.121. The topological polar surface area (TPSA) is 121 Å². The van der Waals surface area contributed by atoms with Crippen molar-refractivity contribution in [3.63, 3.8) is 0 Å². The predicted octanol–water partition coefficient (Wildman–Crippen LogP) is -0.866. The van der Waals surface area contributed by atoms with E-state index < -0.39 is 23.0 Å². The second-order valence-electron chi connectivity index (χ2n) is 4.02. The number of aromatic nitrogens is 2. The van der Waals surface area contributed by atoms with Crippen molar-refractivity contribution in [1.29, 1.82) is 0 Å². The Morgan fingerprint density at radius 2 is 2.05 bits per heavy atom. The summed E-state index contributed by atoms with van der Waals surface area (Å²) in [6.07, 6.45) is 0. The van der Waals surface area contributed by atoms with E-state index in [-0.39, 0.29) is 23.1 Å². The first-order valence-electron chi connectivity index (χ1n) is 5.65. The maximum atomic E-state index is 11.8. The lowest BCUT2D eigenvalue weighted by Crippen LogP contribution is -2.39. The van der Waals surface area contributed by atoms with Gasteiger partial charge in [-0.1, -0.05) is 6.07 Å². The zero-order valence-electron chi connectivity index (χ0n) is 10.5. The van der Waals surface area contributed by atoms with Gasteiger partial charge in [0.05, 0.1) is 16.6 Å². The number of amides is 1. The summed E-state index contributed by atoms with van der Waals surface area (Å²) in [5.41, 5.74) is -1.85. The third kappa shape index (κ3) is 2.18. The van der Waals surface area contributed by atoms with Gasteiger partial charge in [0, 0.05) is 7.05 Å². The van der Waals surface area contributed by atoms with Crippen molar-refractivity contribution >= 4 is 22.9 Å². The van der Waals surface area contributed by atoms with Crippen LogP contribution in [0.15, 0.2) is 27.8 Å². The van der Waals surface area contributed by atoms with E-state index in [0.717, 1.165) is 4.57 Å². The molecule has 0 atom stereocenters. The van der Waals surface area contributed by atoms with Crippen LogP contribution in [0.2, 0.25) is 0 Å². The average Bonchev–Trinajstić information content (AvgIpc) is 2.42. The number of para-hydroxylation sites is 1. The van der Waals surface area contributed by atoms with Crippen LogP contribution in [0.25, 0.3) is 11.0 Å². The third-order valence-corrected chi connectivity index (χ3v) is 2.82. The van der Waals surface area contributed by atoms with Gasteiger partial charge in [0.2, 0.25) is 5.91 Å². The molecule has 0 aliphatic rings. The molecular formula is C12H11N3O5. The minimum atomic E-state index is -1.24. The molecule has 0 aliphatic carbocycles. The second kappa shape index (κ2) is 5.00. The minimum absolute atomic E-state index is 0.00787. The molecule has 0 spiro atoms. The fourth-order valence-electron chi connectivity index (χ4n) is 1.85. The van der Waals surface area contributed by atoms with E-state index in [9.17, 15) is 19.2 Å². The van der Waals surface area contributed by atoms with Crippen LogP contribution in [-0.4, -0.2) is 33.6 Å². The van der Waals surface area contributed by atoms with Crippen molar-refractivity contribution in [1.82, 2.24) is 14.9 Å². The standard InChI is InChI=1S/C12H11N3O5/c1-13-8(16)5-15-7-4-2-3-6(12(19)20)9(7)14-10(17)11(15)18/h2-4H,5H2,1H3,(H,13,16)(H,14,17)(H,19,20). The molecule has 1 aromatic heterocycles. The highest BCUT2D eigenvalue weighted by Crippen LogP contribution is 2.14. The number of hydrogen-bond acceptors (Lipinski definition) is 4. The van der Waals surface area contributed by atoms with Gasteiger partial charge in [-0.3, -0.25) is 19.0 Å². The van der Waals surface area contributed by atoms with Crippen LogP contribution in [0.1, 0.15) is 10.4 Å². The molecule has 0 unspecified atom stereocenters. The maximum absolute atomic E-state index is 11.8. The Hall–Kier alpha value is -2.90. The lowest BCUT2D eigenvalue weighted by atomic mass is 10.1. The third-order valence-electron chi connectivity index (χ3n) is 2.82. The Balaban J connectivity index is 2.86. The molecule has 0 saturated carbocycles. The van der Waals surface area contributed by atoms with E-state index in [2.05, 4.69) is 10.3 Å². The molecule has 1 heterocycles. The minimum Gasteiger partial charge on any atom is -0.478 e. The SMILES string of the molecule is CNC(=O)Cn1c(=O)c(=O)[nH]c2c(C(=O)O)cccc21. The molecule has 0 aliphatic heterocycles. The molecule has 20 heavy (non-hydrogen) atoms. The number of aromatic amines is 1. The van der Waals surface area contributed by atoms with Crippen LogP contribution in [0.4, 0.5) is 0 Å². The van der Waals surface area contributed by atoms with Gasteiger partial charge < -0.3 is 15.4 Å². The number of fused-ring (bicyclic) bond motifs is 1. The Morgan fingerprint density at radius 1 is 1.35 bits per heavy atom. The number of aromatic carboxylic acids is 1. The van der Waals surface area contributed by atoms with Gasteiger partial charge in [-0.25, -0.2) is 4.79 Å². The number of nitrogens with zero attached hydrogens (tertiary/aromatic N) is 1. The predicted molar refractivity (Wildman–Crippen MR) is 69.9 cm³/mol. The quantitative estimate of drug-likeness (QED) is 0.630. The summed E-state index contributed by atoms with van der Waals surface area (Å²) in [5.74, 6) is -1.71. The summed E-state index contributed by atoms with van der Waals surface area (Å²) in [5, 5.41) is 11.4. The van der Waals surface area contributed by atoms with Crippen molar-refractivity contribution in [2.45, 2.75) is 6.54 Å². The monoisotopic (exact) mass is 277 g/mol. The fraction of sp³-hybridized carbons (Fsp3) is 0.167. The van der Waals surface area contributed by atoms with Crippen molar-refractivity contribution in [3.05, 3.63) is 44.5 Å². The Morgan fingerprint density at radius 3 is 2.65 bits per heavy atom. The van der Waals surface area contributed by atoms with Crippen LogP contribution in [0.5, 0.6) is 0 Å². The number of benzene rings is 1. The molecule has 1 aromatic carbocycles. The molecule has 0 fully saturated rings. The molecule has 104 valence electrons. The highest BCUT2D eigenvalue weighted by molar-refractivity contribution is 6.00. The van der Waals surface area contributed by atoms with Crippen molar-refractivity contribution < 1.29 is 14.7 Å². The van der Waals surface area contributed by atoms with Crippen molar-refractivity contribution in [3.8, 4) is 0 Å². The Kier molecular flexibility index (Phi) is 3.38. The molecule has 3 N–H and O–H groups in total. The van der Waals surface area contributed by atoms with E-state index in [4.69, 9.17) is 5.11 Å². The largest absolute Gasteiger partial charge is 0.478 e. The number of carboxylic acid groups (broad SMARTS) is 1. The molecule has 8 heteroatoms. The number of carbonyl (C=O) groups excluding carboxylic acids is 1. The zero-order chi connectivity index (χ0) is 14.9. The summed E-state index contributed by atoms with van der Waals surface area (Å²) in [7, 11) is 1.39. The van der Waals surface area contributed by atoms with E-state index in [1.54, 1.807) is 0 Å². The van der Waals surface area contributed by atoms with Crippen LogP contribution in [-0.2, 0) is 11.3 Å². The lowest BCUT2D eigenvalue weighted by Gasteiger charge is -2.10. The molecule has 2 rings (SSSR count). The number of rotatable bonds is 3. The summed E-state index contributed by atoms with van der Waals surface area (Å²) >= 11 is 0. The van der Waals surface area contributed by atoms with E-state index in [1.807, 2.05) is 0 Å². The maximum Gasteiger partial charge on any atom is 0.337 e. The molecule has 0 radical (unpaired) electrons. The summed E-state index contributed by atoms with van der Waals surface area (Å²) in [6.45, 7) is -0.362.